The van der Waals surface area contributed by atoms with E-state index in [4.69, 9.17) is 4.74 Å². The summed E-state index contributed by atoms with van der Waals surface area (Å²) in [4.78, 5) is 19.3. The van der Waals surface area contributed by atoms with Crippen molar-refractivity contribution in [1.82, 2.24) is 14.7 Å². The summed E-state index contributed by atoms with van der Waals surface area (Å²) in [5, 5.41) is 0. The zero-order valence-corrected chi connectivity index (χ0v) is 14.3. The highest BCUT2D eigenvalue weighted by Gasteiger charge is 2.35. The van der Waals surface area contributed by atoms with Gasteiger partial charge < -0.3 is 14.5 Å². The summed E-state index contributed by atoms with van der Waals surface area (Å²) in [6, 6.07) is 0.722. The molecule has 0 saturated carbocycles. The number of hydrogen-bond acceptors (Lipinski definition) is 4. The van der Waals surface area contributed by atoms with Crippen LogP contribution in [0.25, 0.3) is 0 Å². The Labute approximate surface area is 129 Å². The Morgan fingerprint density at radius 3 is 2.57 bits per heavy atom. The van der Waals surface area contributed by atoms with Crippen LogP contribution >= 0.6 is 0 Å². The minimum atomic E-state index is 0.0892. The van der Waals surface area contributed by atoms with E-state index in [1.54, 1.807) is 0 Å². The normalized spacial score (nSPS) is 28.4. The summed E-state index contributed by atoms with van der Waals surface area (Å²) in [5.41, 5.74) is 0.0892. The second kappa shape index (κ2) is 6.63. The maximum absolute atomic E-state index is 12.6. The van der Waals surface area contributed by atoms with Crippen LogP contribution in [0.2, 0.25) is 0 Å². The van der Waals surface area contributed by atoms with E-state index in [2.05, 4.69) is 44.7 Å². The standard InChI is InChI=1S/C16H31N3O2/c1-16(2,3)19-8-9-21-12-14(19)10-15(20)18-7-6-13(11-18)17(4)5/h13-14H,6-12H2,1-5H3. The Hall–Kier alpha value is -0.650. The van der Waals surface area contributed by atoms with Crippen LogP contribution in [0, 0.1) is 0 Å². The van der Waals surface area contributed by atoms with E-state index in [1.165, 1.54) is 0 Å². The highest BCUT2D eigenvalue weighted by Crippen LogP contribution is 2.23. The molecule has 2 heterocycles. The zero-order chi connectivity index (χ0) is 15.6. The Balaban J connectivity index is 1.92. The molecule has 1 amide bonds. The molecule has 0 N–H and O–H groups in total. The maximum atomic E-state index is 12.6. The first kappa shape index (κ1) is 16.7. The Morgan fingerprint density at radius 2 is 2.00 bits per heavy atom. The lowest BCUT2D eigenvalue weighted by molar-refractivity contribution is -0.135. The number of morpholine rings is 1. The van der Waals surface area contributed by atoms with Crippen LogP contribution < -0.4 is 0 Å². The minimum absolute atomic E-state index is 0.0892. The molecule has 0 spiro atoms. The second-order valence-electron chi connectivity index (χ2n) is 7.54. The van der Waals surface area contributed by atoms with Crippen LogP contribution in [0.15, 0.2) is 0 Å². The van der Waals surface area contributed by atoms with Gasteiger partial charge in [0.15, 0.2) is 0 Å². The number of likely N-dealkylation sites (tertiary alicyclic amines) is 1. The highest BCUT2D eigenvalue weighted by atomic mass is 16.5. The first-order chi connectivity index (χ1) is 9.79. The van der Waals surface area contributed by atoms with Crippen molar-refractivity contribution >= 4 is 5.91 Å². The van der Waals surface area contributed by atoms with E-state index < -0.39 is 0 Å². The SMILES string of the molecule is CN(C)C1CCN(C(=O)CC2COCCN2C(C)(C)C)C1. The number of rotatable bonds is 3. The zero-order valence-electron chi connectivity index (χ0n) is 14.3. The monoisotopic (exact) mass is 297 g/mol. The van der Waals surface area contributed by atoms with Crippen LogP contribution in [-0.4, -0.2) is 85.2 Å². The van der Waals surface area contributed by atoms with Gasteiger partial charge in [-0.3, -0.25) is 9.69 Å². The summed E-state index contributed by atoms with van der Waals surface area (Å²) in [7, 11) is 4.18. The van der Waals surface area contributed by atoms with Gasteiger partial charge in [0.05, 0.1) is 13.2 Å². The van der Waals surface area contributed by atoms with Crippen LogP contribution in [0.5, 0.6) is 0 Å². The average Bonchev–Trinajstić information content (AvgIpc) is 2.88. The molecule has 2 aliphatic heterocycles. The van der Waals surface area contributed by atoms with Crippen LogP contribution in [0.3, 0.4) is 0 Å². The van der Waals surface area contributed by atoms with Crippen molar-refractivity contribution in [1.29, 1.82) is 0 Å². The van der Waals surface area contributed by atoms with Gasteiger partial charge in [0.1, 0.15) is 0 Å². The molecule has 0 aromatic heterocycles. The average molecular weight is 297 g/mol. The molecular weight excluding hydrogens is 266 g/mol. The molecule has 5 nitrogen and oxygen atoms in total. The van der Waals surface area contributed by atoms with Gasteiger partial charge in [0.25, 0.3) is 0 Å². The molecule has 2 aliphatic rings. The van der Waals surface area contributed by atoms with Gasteiger partial charge in [-0.2, -0.15) is 0 Å². The fourth-order valence-electron chi connectivity index (χ4n) is 3.43. The number of carbonyl (C=O) groups excluding carboxylic acids is 1. The van der Waals surface area contributed by atoms with Crippen molar-refractivity contribution in [3.8, 4) is 0 Å². The number of nitrogens with zero attached hydrogens (tertiary/aromatic N) is 3. The Morgan fingerprint density at radius 1 is 1.29 bits per heavy atom. The van der Waals surface area contributed by atoms with Crippen LogP contribution in [-0.2, 0) is 9.53 Å². The fraction of sp³-hybridized carbons (Fsp3) is 0.938. The van der Waals surface area contributed by atoms with Gasteiger partial charge in [0, 0.05) is 43.7 Å². The van der Waals surface area contributed by atoms with Gasteiger partial charge >= 0.3 is 0 Å². The molecule has 0 aromatic rings. The summed E-state index contributed by atoms with van der Waals surface area (Å²) in [5.74, 6) is 0.282. The molecular formula is C16H31N3O2. The molecule has 2 saturated heterocycles. The molecule has 2 rings (SSSR count). The van der Waals surface area contributed by atoms with Crippen molar-refractivity contribution in [2.24, 2.45) is 0 Å². The van der Waals surface area contributed by atoms with Gasteiger partial charge in [-0.15, -0.1) is 0 Å². The summed E-state index contributed by atoms with van der Waals surface area (Å²) in [6.45, 7) is 10.8. The number of ether oxygens (including phenoxy) is 1. The van der Waals surface area contributed by atoms with Crippen molar-refractivity contribution in [2.45, 2.75) is 51.2 Å². The molecule has 2 atom stereocenters. The number of carbonyl (C=O) groups is 1. The lowest BCUT2D eigenvalue weighted by Gasteiger charge is -2.44. The fourth-order valence-corrected chi connectivity index (χ4v) is 3.43. The summed E-state index contributed by atoms with van der Waals surface area (Å²) in [6.07, 6.45) is 1.67. The van der Waals surface area contributed by atoms with E-state index in [0.29, 0.717) is 19.1 Å². The minimum Gasteiger partial charge on any atom is -0.378 e. The lowest BCUT2D eigenvalue weighted by Crippen LogP contribution is -2.55. The van der Waals surface area contributed by atoms with Crippen molar-refractivity contribution in [3.63, 3.8) is 0 Å². The van der Waals surface area contributed by atoms with E-state index in [0.717, 1.165) is 32.7 Å². The first-order valence-electron chi connectivity index (χ1n) is 8.07. The van der Waals surface area contributed by atoms with Crippen molar-refractivity contribution < 1.29 is 9.53 Å². The molecule has 122 valence electrons. The molecule has 0 radical (unpaired) electrons. The first-order valence-corrected chi connectivity index (χ1v) is 8.07. The number of hydrogen-bond donors (Lipinski definition) is 0. The van der Waals surface area contributed by atoms with Gasteiger partial charge in [-0.25, -0.2) is 0 Å². The third-order valence-electron chi connectivity index (χ3n) is 4.75. The van der Waals surface area contributed by atoms with E-state index in [1.807, 2.05) is 4.90 Å². The van der Waals surface area contributed by atoms with Crippen molar-refractivity contribution in [2.75, 3.05) is 46.9 Å². The third kappa shape index (κ3) is 4.18. The van der Waals surface area contributed by atoms with E-state index in [-0.39, 0.29) is 17.5 Å². The predicted octanol–water partition coefficient (Wildman–Crippen LogP) is 1.04. The second-order valence-corrected chi connectivity index (χ2v) is 7.54. The molecule has 2 fully saturated rings. The van der Waals surface area contributed by atoms with Crippen LogP contribution in [0.1, 0.15) is 33.6 Å². The number of likely N-dealkylation sites (N-methyl/N-ethyl adjacent to an activating group) is 1. The molecule has 5 heteroatoms. The van der Waals surface area contributed by atoms with Gasteiger partial charge in [-0.1, -0.05) is 0 Å². The topological polar surface area (TPSA) is 36.0 Å². The largest absolute Gasteiger partial charge is 0.378 e. The molecule has 0 aromatic carbocycles. The van der Waals surface area contributed by atoms with E-state index >= 15 is 0 Å². The summed E-state index contributed by atoms with van der Waals surface area (Å²) >= 11 is 0. The van der Waals surface area contributed by atoms with Gasteiger partial charge in [0.2, 0.25) is 5.91 Å². The molecule has 2 unspecified atom stereocenters. The molecule has 21 heavy (non-hydrogen) atoms. The maximum Gasteiger partial charge on any atom is 0.224 e. The molecule has 0 bridgehead atoms. The molecule has 0 aliphatic carbocycles. The highest BCUT2D eigenvalue weighted by molar-refractivity contribution is 5.77. The lowest BCUT2D eigenvalue weighted by atomic mass is 10.00. The quantitative estimate of drug-likeness (QED) is 0.780. The van der Waals surface area contributed by atoms with Crippen molar-refractivity contribution in [3.05, 3.63) is 0 Å². The smallest absolute Gasteiger partial charge is 0.224 e. The van der Waals surface area contributed by atoms with E-state index in [9.17, 15) is 4.79 Å². The Bertz CT molecular complexity index is 365. The predicted molar refractivity (Wildman–Crippen MR) is 84.4 cm³/mol. The third-order valence-corrected chi connectivity index (χ3v) is 4.75. The number of amides is 1. The van der Waals surface area contributed by atoms with Crippen LogP contribution in [0.4, 0.5) is 0 Å². The van der Waals surface area contributed by atoms with Gasteiger partial charge in [-0.05, 0) is 41.3 Å². The Kier molecular flexibility index (Phi) is 5.28. The summed E-state index contributed by atoms with van der Waals surface area (Å²) < 4.78 is 5.61.